The highest BCUT2D eigenvalue weighted by Crippen LogP contribution is 2.13. The predicted octanol–water partition coefficient (Wildman–Crippen LogP) is -0.184. The number of esters is 2. The van der Waals surface area contributed by atoms with Crippen LogP contribution in [0, 0.1) is 0 Å². The lowest BCUT2D eigenvalue weighted by Crippen LogP contribution is -2.40. The first-order chi connectivity index (χ1) is 9.83. The van der Waals surface area contributed by atoms with Crippen LogP contribution in [0.15, 0.2) is 11.2 Å². The second kappa shape index (κ2) is 7.18. The Kier molecular flexibility index (Phi) is 5.85. The maximum atomic E-state index is 12.1. The molecule has 0 spiro atoms. The van der Waals surface area contributed by atoms with Gasteiger partial charge in [0.1, 0.15) is 11.6 Å². The van der Waals surface area contributed by atoms with Crippen LogP contribution < -0.4 is 4.72 Å². The van der Waals surface area contributed by atoms with Gasteiger partial charge in [0, 0.05) is 0 Å². The summed E-state index contributed by atoms with van der Waals surface area (Å²) in [7, 11) is -4.14. The number of carbonyl (C=O) groups excluding carboxylic acids is 2. The minimum Gasteiger partial charge on any atom is -0.465 e. The van der Waals surface area contributed by atoms with Crippen molar-refractivity contribution in [2.45, 2.75) is 31.8 Å². The fourth-order valence-electron chi connectivity index (χ4n) is 1.44. The Labute approximate surface area is 122 Å². The molecule has 0 aliphatic rings. The van der Waals surface area contributed by atoms with Crippen LogP contribution in [0.1, 0.15) is 31.1 Å². The molecule has 0 aliphatic heterocycles. The number of nitrogens with zero attached hydrogens (tertiary/aromatic N) is 1. The molecule has 1 rings (SSSR count). The summed E-state index contributed by atoms with van der Waals surface area (Å²) in [6.45, 7) is 4.75. The summed E-state index contributed by atoms with van der Waals surface area (Å²) in [6, 6.07) is -1.10. The van der Waals surface area contributed by atoms with Gasteiger partial charge in [-0.2, -0.15) is 9.82 Å². The van der Waals surface area contributed by atoms with E-state index >= 15 is 0 Å². The van der Waals surface area contributed by atoms with Crippen molar-refractivity contribution in [1.82, 2.24) is 14.9 Å². The summed E-state index contributed by atoms with van der Waals surface area (Å²) in [5, 5.41) is 5.27. The Balaban J connectivity index is 2.96. The molecule has 0 amide bonds. The molecule has 21 heavy (non-hydrogen) atoms. The third-order valence-electron chi connectivity index (χ3n) is 2.34. The van der Waals surface area contributed by atoms with E-state index in [-0.39, 0.29) is 18.8 Å². The third-order valence-corrected chi connectivity index (χ3v) is 3.85. The molecule has 0 saturated carbocycles. The molecule has 0 bridgehead atoms. The van der Waals surface area contributed by atoms with Gasteiger partial charge in [-0.25, -0.2) is 13.2 Å². The van der Waals surface area contributed by atoms with Gasteiger partial charge >= 0.3 is 11.9 Å². The number of H-pyrrole nitrogens is 1. The van der Waals surface area contributed by atoms with Gasteiger partial charge in [-0.15, -0.1) is 0 Å². The van der Waals surface area contributed by atoms with E-state index in [0.717, 1.165) is 6.20 Å². The minimum absolute atomic E-state index is 0.0934. The molecule has 1 atom stereocenters. The molecule has 0 radical (unpaired) electrons. The van der Waals surface area contributed by atoms with E-state index in [9.17, 15) is 18.0 Å². The molecule has 1 heterocycles. The Hall–Kier alpha value is -1.94. The number of ether oxygens (including phenoxy) is 2. The predicted molar refractivity (Wildman–Crippen MR) is 71.0 cm³/mol. The smallest absolute Gasteiger partial charge is 0.342 e. The zero-order chi connectivity index (χ0) is 16.0. The highest BCUT2D eigenvalue weighted by atomic mass is 32.2. The van der Waals surface area contributed by atoms with E-state index in [2.05, 4.69) is 14.9 Å². The first-order valence-electron chi connectivity index (χ1n) is 6.22. The Morgan fingerprint density at radius 3 is 2.52 bits per heavy atom. The van der Waals surface area contributed by atoms with Crippen molar-refractivity contribution in [3.8, 4) is 0 Å². The Morgan fingerprint density at radius 1 is 1.33 bits per heavy atom. The number of hydrogen-bond acceptors (Lipinski definition) is 7. The van der Waals surface area contributed by atoms with Gasteiger partial charge < -0.3 is 9.47 Å². The number of sulfonamides is 1. The Morgan fingerprint density at radius 2 is 1.95 bits per heavy atom. The van der Waals surface area contributed by atoms with Crippen molar-refractivity contribution >= 4 is 22.0 Å². The first-order valence-corrected chi connectivity index (χ1v) is 7.71. The van der Waals surface area contributed by atoms with Crippen LogP contribution in [-0.2, 0) is 24.3 Å². The quantitative estimate of drug-likeness (QED) is 0.667. The highest BCUT2D eigenvalue weighted by molar-refractivity contribution is 7.89. The normalized spacial score (nSPS) is 12.7. The highest BCUT2D eigenvalue weighted by Gasteiger charge is 2.29. The SMILES string of the molecule is CCOC(=O)c1cn[nH]c1S(=O)(=O)NC(C)C(=O)OCC. The van der Waals surface area contributed by atoms with E-state index in [4.69, 9.17) is 9.47 Å². The molecular formula is C11H17N3O6S. The maximum Gasteiger partial charge on any atom is 0.342 e. The molecule has 0 aromatic carbocycles. The molecule has 1 unspecified atom stereocenters. The summed E-state index contributed by atoms with van der Waals surface area (Å²) in [4.78, 5) is 23.1. The number of rotatable bonds is 7. The second-order valence-electron chi connectivity index (χ2n) is 3.93. The molecule has 1 aromatic heterocycles. The van der Waals surface area contributed by atoms with Crippen molar-refractivity contribution < 1.29 is 27.5 Å². The van der Waals surface area contributed by atoms with Crippen LogP contribution in [0.4, 0.5) is 0 Å². The van der Waals surface area contributed by atoms with Gasteiger partial charge in [0.05, 0.1) is 19.4 Å². The summed E-state index contributed by atoms with van der Waals surface area (Å²) in [5.74, 6) is -1.55. The van der Waals surface area contributed by atoms with E-state index < -0.39 is 33.0 Å². The third kappa shape index (κ3) is 4.26. The lowest BCUT2D eigenvalue weighted by atomic mass is 10.4. The van der Waals surface area contributed by atoms with Gasteiger partial charge in [0.25, 0.3) is 10.0 Å². The van der Waals surface area contributed by atoms with Crippen LogP contribution in [-0.4, -0.2) is 49.8 Å². The molecule has 118 valence electrons. The summed E-state index contributed by atoms with van der Waals surface area (Å²) < 4.78 is 35.8. The molecule has 1 aromatic rings. The Bertz CT molecular complexity index is 609. The standard InChI is InChI=1S/C11H17N3O6S/c1-4-19-10(15)7(3)14-21(17,18)9-8(6-12-13-9)11(16)20-5-2/h6-7,14H,4-5H2,1-3H3,(H,12,13). The van der Waals surface area contributed by atoms with Crippen LogP contribution in [0.5, 0.6) is 0 Å². The van der Waals surface area contributed by atoms with Gasteiger partial charge in [0.15, 0.2) is 5.03 Å². The molecule has 0 aliphatic carbocycles. The zero-order valence-corrected chi connectivity index (χ0v) is 12.7. The summed E-state index contributed by atoms with van der Waals surface area (Å²) in [6.07, 6.45) is 1.04. The van der Waals surface area contributed by atoms with E-state index in [1.165, 1.54) is 6.92 Å². The van der Waals surface area contributed by atoms with Crippen LogP contribution in [0.25, 0.3) is 0 Å². The largest absolute Gasteiger partial charge is 0.465 e. The molecule has 10 heteroatoms. The van der Waals surface area contributed by atoms with E-state index in [0.29, 0.717) is 0 Å². The molecule has 0 saturated heterocycles. The topological polar surface area (TPSA) is 127 Å². The van der Waals surface area contributed by atoms with Crippen molar-refractivity contribution in [1.29, 1.82) is 0 Å². The minimum atomic E-state index is -4.14. The molecule has 9 nitrogen and oxygen atoms in total. The van der Waals surface area contributed by atoms with Gasteiger partial charge in [0.2, 0.25) is 0 Å². The van der Waals surface area contributed by atoms with E-state index in [1.54, 1.807) is 13.8 Å². The van der Waals surface area contributed by atoms with Gasteiger partial charge in [-0.3, -0.25) is 9.89 Å². The van der Waals surface area contributed by atoms with Crippen LogP contribution >= 0.6 is 0 Å². The number of aromatic nitrogens is 2. The van der Waals surface area contributed by atoms with Gasteiger partial charge in [-0.1, -0.05) is 0 Å². The summed E-state index contributed by atoms with van der Waals surface area (Å²) >= 11 is 0. The number of carbonyl (C=O) groups is 2. The average molecular weight is 319 g/mol. The second-order valence-corrected chi connectivity index (χ2v) is 5.58. The van der Waals surface area contributed by atoms with E-state index in [1.807, 2.05) is 0 Å². The fourth-order valence-corrected chi connectivity index (χ4v) is 2.72. The molecule has 0 fully saturated rings. The number of aromatic amines is 1. The molecule has 2 N–H and O–H groups in total. The van der Waals surface area contributed by atoms with Crippen molar-refractivity contribution in [2.75, 3.05) is 13.2 Å². The van der Waals surface area contributed by atoms with Gasteiger partial charge in [-0.05, 0) is 20.8 Å². The van der Waals surface area contributed by atoms with Crippen LogP contribution in [0.3, 0.4) is 0 Å². The average Bonchev–Trinajstić information content (AvgIpc) is 2.88. The number of nitrogens with one attached hydrogen (secondary N) is 2. The van der Waals surface area contributed by atoms with Crippen LogP contribution in [0.2, 0.25) is 0 Å². The lowest BCUT2D eigenvalue weighted by Gasteiger charge is -2.12. The molecular weight excluding hydrogens is 302 g/mol. The van der Waals surface area contributed by atoms with Crippen molar-refractivity contribution in [3.63, 3.8) is 0 Å². The summed E-state index contributed by atoms with van der Waals surface area (Å²) in [5.41, 5.74) is -0.236. The number of hydrogen-bond donors (Lipinski definition) is 2. The monoisotopic (exact) mass is 319 g/mol. The zero-order valence-electron chi connectivity index (χ0n) is 11.9. The van der Waals surface area contributed by atoms with Crippen molar-refractivity contribution in [2.24, 2.45) is 0 Å². The van der Waals surface area contributed by atoms with Crippen molar-refractivity contribution in [3.05, 3.63) is 11.8 Å². The maximum absolute atomic E-state index is 12.1. The lowest BCUT2D eigenvalue weighted by molar-refractivity contribution is -0.144. The fraction of sp³-hybridized carbons (Fsp3) is 0.545. The first kappa shape index (κ1) is 17.1.